The summed E-state index contributed by atoms with van der Waals surface area (Å²) in [5, 5.41) is 44.8. The molecule has 0 aromatic heterocycles. The van der Waals surface area contributed by atoms with Crippen molar-refractivity contribution in [3.05, 3.63) is 0 Å². The van der Waals surface area contributed by atoms with Gasteiger partial charge in [0.05, 0.1) is 25.4 Å². The van der Waals surface area contributed by atoms with Gasteiger partial charge < -0.3 is 35.2 Å². The third kappa shape index (κ3) is 37.5. The molecule has 67 heavy (non-hydrogen) atoms. The number of nitrogens with one attached hydrogen (secondary N) is 1. The molecule has 12 nitrogen and oxygen atoms in total. The Balaban J connectivity index is 2.17. The van der Waals surface area contributed by atoms with Crippen molar-refractivity contribution in [2.45, 2.75) is 326 Å². The van der Waals surface area contributed by atoms with Crippen molar-refractivity contribution in [1.29, 1.82) is 0 Å². The van der Waals surface area contributed by atoms with Gasteiger partial charge in [-0.3, -0.25) is 9.35 Å². The van der Waals surface area contributed by atoms with E-state index in [1.54, 1.807) is 0 Å². The molecule has 0 spiro atoms. The Morgan fingerprint density at radius 3 is 1.19 bits per heavy atom. The van der Waals surface area contributed by atoms with E-state index >= 15 is 0 Å². The van der Waals surface area contributed by atoms with Crippen LogP contribution in [-0.4, -0.2) is 95.4 Å². The second-order valence-corrected chi connectivity index (χ2v) is 21.3. The third-order valence-corrected chi connectivity index (χ3v) is 14.4. The predicted molar refractivity (Wildman–Crippen MR) is 273 cm³/mol. The lowest BCUT2D eigenvalue weighted by Crippen LogP contribution is -2.61. The lowest BCUT2D eigenvalue weighted by atomic mass is 9.99. The zero-order valence-corrected chi connectivity index (χ0v) is 44.1. The van der Waals surface area contributed by atoms with Gasteiger partial charge in [-0.2, -0.15) is 8.42 Å². The number of amides is 1. The number of hydrogen-bond acceptors (Lipinski definition) is 10. The molecule has 13 heteroatoms. The van der Waals surface area contributed by atoms with Crippen LogP contribution in [0.3, 0.4) is 0 Å². The summed E-state index contributed by atoms with van der Waals surface area (Å²) < 4.78 is 47.7. The van der Waals surface area contributed by atoms with E-state index < -0.39 is 59.9 Å². The summed E-state index contributed by atoms with van der Waals surface area (Å²) in [5.41, 5.74) is 0. The second-order valence-electron chi connectivity index (χ2n) is 20.2. The Morgan fingerprint density at radius 2 is 0.866 bits per heavy atom. The molecule has 1 aliphatic rings. The molecule has 1 aliphatic heterocycles. The number of ether oxygens (including phenoxy) is 2. The van der Waals surface area contributed by atoms with E-state index in [0.29, 0.717) is 12.8 Å². The van der Waals surface area contributed by atoms with E-state index in [2.05, 4.69) is 23.3 Å². The Bertz CT molecular complexity index is 1200. The van der Waals surface area contributed by atoms with Gasteiger partial charge in [-0.1, -0.05) is 264 Å². The molecule has 1 rings (SSSR count). The lowest BCUT2D eigenvalue weighted by molar-refractivity contribution is -0.298. The Labute approximate surface area is 411 Å². The minimum Gasteiger partial charge on any atom is -0.394 e. The Morgan fingerprint density at radius 1 is 0.537 bits per heavy atom. The molecule has 0 saturated carbocycles. The molecule has 0 bridgehead atoms. The minimum atomic E-state index is -5.07. The first kappa shape index (κ1) is 64.1. The number of carbonyl (C=O) groups excluding carboxylic acids is 1. The van der Waals surface area contributed by atoms with Crippen molar-refractivity contribution in [3.8, 4) is 0 Å². The van der Waals surface area contributed by atoms with Gasteiger partial charge in [0.2, 0.25) is 5.91 Å². The van der Waals surface area contributed by atoms with Gasteiger partial charge >= 0.3 is 10.4 Å². The van der Waals surface area contributed by atoms with Crippen molar-refractivity contribution in [3.63, 3.8) is 0 Å². The highest BCUT2D eigenvalue weighted by molar-refractivity contribution is 7.80. The van der Waals surface area contributed by atoms with Crippen molar-refractivity contribution in [2.75, 3.05) is 13.2 Å². The molecular formula is C54H107NO11S. The van der Waals surface area contributed by atoms with E-state index in [9.17, 15) is 38.2 Å². The SMILES string of the molecule is CCCCCCCCCCCCCCCCCCCCCCCCCCCCCCCCCC(=O)NC(COC1OC(CO)C(O)C(OS(=O)(=O)O)C1O)C(O)CCCCCCCCCCC. The summed E-state index contributed by atoms with van der Waals surface area (Å²) in [6, 6.07) is -0.851. The van der Waals surface area contributed by atoms with E-state index in [0.717, 1.165) is 51.4 Å². The molecule has 7 atom stereocenters. The van der Waals surface area contributed by atoms with Crippen LogP contribution in [-0.2, 0) is 28.9 Å². The fraction of sp³-hybridized carbons (Fsp3) is 0.981. The van der Waals surface area contributed by atoms with Crippen LogP contribution in [0.2, 0.25) is 0 Å². The molecule has 1 amide bonds. The van der Waals surface area contributed by atoms with E-state index in [1.165, 1.54) is 205 Å². The van der Waals surface area contributed by atoms with Crippen molar-refractivity contribution in [2.24, 2.45) is 0 Å². The van der Waals surface area contributed by atoms with Crippen molar-refractivity contribution >= 4 is 16.3 Å². The molecule has 0 aromatic carbocycles. The summed E-state index contributed by atoms with van der Waals surface area (Å²) >= 11 is 0. The predicted octanol–water partition coefficient (Wildman–Crippen LogP) is 12.9. The highest BCUT2D eigenvalue weighted by Gasteiger charge is 2.48. The Kier molecular flexibility index (Phi) is 43.1. The smallest absolute Gasteiger partial charge is 0.394 e. The topological polar surface area (TPSA) is 192 Å². The van der Waals surface area contributed by atoms with Gasteiger partial charge in [0.15, 0.2) is 6.29 Å². The molecule has 1 heterocycles. The second kappa shape index (κ2) is 45.0. The standard InChI is InChI=1S/C54H107NO11S/c1-3-5-7-9-11-13-14-15-16-17-18-19-20-21-22-23-24-25-26-27-28-29-30-31-32-33-34-36-38-40-42-44-50(58)55-47(48(57)43-41-39-37-35-12-10-8-6-4-2)46-64-54-52(60)53(66-67(61,62)63)51(59)49(45-56)65-54/h47-49,51-54,56-57,59-60H,3-46H2,1-2H3,(H,55,58)(H,61,62,63). The fourth-order valence-electron chi connectivity index (χ4n) is 9.52. The molecule has 0 radical (unpaired) electrons. The van der Waals surface area contributed by atoms with Crippen LogP contribution in [0.15, 0.2) is 0 Å². The average Bonchev–Trinajstić information content (AvgIpc) is 3.30. The van der Waals surface area contributed by atoms with Crippen LogP contribution in [0.25, 0.3) is 0 Å². The van der Waals surface area contributed by atoms with Crippen molar-refractivity contribution < 1.29 is 51.8 Å². The van der Waals surface area contributed by atoms with E-state index in [4.69, 9.17) is 9.47 Å². The quantitative estimate of drug-likeness (QED) is 0.0251. The fourth-order valence-corrected chi connectivity index (χ4v) is 10.0. The van der Waals surface area contributed by atoms with E-state index in [-0.39, 0.29) is 12.5 Å². The molecule has 6 N–H and O–H groups in total. The van der Waals surface area contributed by atoms with Gasteiger partial charge in [-0.25, -0.2) is 4.18 Å². The maximum atomic E-state index is 13.1. The van der Waals surface area contributed by atoms with Gasteiger partial charge in [-0.15, -0.1) is 0 Å². The number of rotatable bonds is 50. The summed E-state index contributed by atoms with van der Waals surface area (Å²) in [7, 11) is -5.07. The van der Waals surface area contributed by atoms with Crippen LogP contribution in [0.1, 0.15) is 284 Å². The number of carbonyl (C=O) groups is 1. The zero-order valence-electron chi connectivity index (χ0n) is 43.2. The number of aliphatic hydroxyl groups is 4. The lowest BCUT2D eigenvalue weighted by Gasteiger charge is -2.41. The largest absolute Gasteiger partial charge is 0.397 e. The maximum Gasteiger partial charge on any atom is 0.397 e. The Hall–Kier alpha value is -0.900. The molecule has 1 saturated heterocycles. The maximum absolute atomic E-state index is 13.1. The number of hydrogen-bond donors (Lipinski definition) is 6. The van der Waals surface area contributed by atoms with Crippen LogP contribution < -0.4 is 5.32 Å². The number of aliphatic hydroxyl groups excluding tert-OH is 4. The normalized spacial score (nSPS) is 19.8. The summed E-state index contributed by atoms with van der Waals surface area (Å²) in [4.78, 5) is 13.1. The minimum absolute atomic E-state index is 0.225. The first-order chi connectivity index (χ1) is 32.5. The van der Waals surface area contributed by atoms with Gasteiger partial charge in [0, 0.05) is 6.42 Å². The first-order valence-corrected chi connectivity index (χ1v) is 29.8. The molecule has 7 unspecified atom stereocenters. The first-order valence-electron chi connectivity index (χ1n) is 28.4. The summed E-state index contributed by atoms with van der Waals surface area (Å²) in [5.74, 6) is -0.225. The molecule has 400 valence electrons. The zero-order chi connectivity index (χ0) is 49.1. The van der Waals surface area contributed by atoms with E-state index in [1.807, 2.05) is 0 Å². The van der Waals surface area contributed by atoms with Gasteiger partial charge in [0.25, 0.3) is 0 Å². The number of unbranched alkanes of at least 4 members (excludes halogenated alkanes) is 38. The third-order valence-electron chi connectivity index (χ3n) is 13.9. The van der Waals surface area contributed by atoms with Crippen LogP contribution in [0.4, 0.5) is 0 Å². The molecular weight excluding hydrogens is 871 g/mol. The summed E-state index contributed by atoms with van der Waals surface area (Å²) in [6.45, 7) is 3.45. The van der Waals surface area contributed by atoms with Crippen LogP contribution in [0, 0.1) is 0 Å². The molecule has 1 fully saturated rings. The highest BCUT2D eigenvalue weighted by atomic mass is 32.3. The molecule has 0 aliphatic carbocycles. The molecule has 0 aromatic rings. The summed E-state index contributed by atoms with van der Waals surface area (Å²) in [6.07, 6.45) is 43.0. The average molecular weight is 979 g/mol. The monoisotopic (exact) mass is 978 g/mol. The highest BCUT2D eigenvalue weighted by Crippen LogP contribution is 2.26. The van der Waals surface area contributed by atoms with Crippen molar-refractivity contribution in [1.82, 2.24) is 5.32 Å². The van der Waals surface area contributed by atoms with Gasteiger partial charge in [-0.05, 0) is 12.8 Å². The van der Waals surface area contributed by atoms with Gasteiger partial charge in [0.1, 0.15) is 24.4 Å². The van der Waals surface area contributed by atoms with Crippen LogP contribution in [0.5, 0.6) is 0 Å². The van der Waals surface area contributed by atoms with Crippen LogP contribution >= 0.6 is 0 Å².